The van der Waals surface area contributed by atoms with Gasteiger partial charge in [-0.05, 0) is 30.0 Å². The summed E-state index contributed by atoms with van der Waals surface area (Å²) < 4.78 is 5.82. The van der Waals surface area contributed by atoms with Crippen LogP contribution in [0.1, 0.15) is 27.6 Å². The van der Waals surface area contributed by atoms with E-state index >= 15 is 0 Å². The van der Waals surface area contributed by atoms with Crippen molar-refractivity contribution in [3.8, 4) is 0 Å². The lowest BCUT2D eigenvalue weighted by atomic mass is 10.1. The third-order valence-corrected chi connectivity index (χ3v) is 5.58. The molecule has 4 nitrogen and oxygen atoms in total. The zero-order valence-electron chi connectivity index (χ0n) is 13.9. The zero-order valence-corrected chi connectivity index (χ0v) is 15.5. The maximum Gasteiger partial charge on any atom is 0.341 e. The van der Waals surface area contributed by atoms with Crippen LogP contribution < -0.4 is 5.32 Å². The molecule has 0 aliphatic rings. The van der Waals surface area contributed by atoms with E-state index in [1.807, 2.05) is 42.5 Å². The summed E-state index contributed by atoms with van der Waals surface area (Å²) in [5.74, 6) is 0.242. The second-order valence-corrected chi connectivity index (χ2v) is 7.60. The molecule has 2 aromatic carbocycles. The van der Waals surface area contributed by atoms with Crippen LogP contribution in [-0.4, -0.2) is 24.7 Å². The molecule has 0 aliphatic carbocycles. The Balaban J connectivity index is 1.96. The SMILES string of the molecule is CCSc1cccc(C(=O)Nc2sc3ccccc3c2C(=O)OC)c1. The van der Waals surface area contributed by atoms with Crippen LogP contribution in [0.4, 0.5) is 5.00 Å². The Hall–Kier alpha value is -2.31. The van der Waals surface area contributed by atoms with Gasteiger partial charge in [0.1, 0.15) is 10.6 Å². The number of carbonyl (C=O) groups excluding carboxylic acids is 2. The number of carbonyl (C=O) groups is 2. The standard InChI is InChI=1S/C19H17NO3S2/c1-3-24-13-8-6-7-12(11-13)17(21)20-18-16(19(22)23-2)14-9-4-5-10-15(14)25-18/h4-11H,3H2,1-2H3,(H,20,21). The molecular weight excluding hydrogens is 354 g/mol. The Labute approximate surface area is 154 Å². The smallest absolute Gasteiger partial charge is 0.341 e. The quantitative estimate of drug-likeness (QED) is 0.503. The van der Waals surface area contributed by atoms with Gasteiger partial charge in [0, 0.05) is 20.5 Å². The van der Waals surface area contributed by atoms with Gasteiger partial charge in [0.25, 0.3) is 5.91 Å². The summed E-state index contributed by atoms with van der Waals surface area (Å²) in [4.78, 5) is 25.9. The molecule has 1 amide bonds. The number of benzene rings is 2. The third-order valence-electron chi connectivity index (χ3n) is 3.62. The number of methoxy groups -OCH3 is 1. The summed E-state index contributed by atoms with van der Waals surface area (Å²) in [6, 6.07) is 15.0. The Morgan fingerprint density at radius 1 is 1.16 bits per heavy atom. The number of fused-ring (bicyclic) bond motifs is 1. The highest BCUT2D eigenvalue weighted by atomic mass is 32.2. The van der Waals surface area contributed by atoms with E-state index in [2.05, 4.69) is 12.2 Å². The number of ether oxygens (including phenoxy) is 1. The number of thiophene rings is 1. The monoisotopic (exact) mass is 371 g/mol. The van der Waals surface area contributed by atoms with Gasteiger partial charge in [0.2, 0.25) is 0 Å². The molecule has 0 saturated carbocycles. The average Bonchev–Trinajstić information content (AvgIpc) is 2.99. The van der Waals surface area contributed by atoms with Gasteiger partial charge in [0.05, 0.1) is 7.11 Å². The van der Waals surface area contributed by atoms with E-state index in [1.54, 1.807) is 17.8 Å². The average molecular weight is 371 g/mol. The molecule has 3 rings (SSSR count). The highest BCUT2D eigenvalue weighted by Gasteiger charge is 2.21. The van der Waals surface area contributed by atoms with Crippen molar-refractivity contribution in [3.05, 3.63) is 59.7 Å². The van der Waals surface area contributed by atoms with Gasteiger partial charge >= 0.3 is 5.97 Å². The minimum atomic E-state index is -0.456. The van der Waals surface area contributed by atoms with E-state index in [-0.39, 0.29) is 5.91 Å². The van der Waals surface area contributed by atoms with Gasteiger partial charge in [-0.2, -0.15) is 0 Å². The van der Waals surface area contributed by atoms with Gasteiger partial charge in [-0.3, -0.25) is 4.79 Å². The minimum absolute atomic E-state index is 0.240. The fraction of sp³-hybridized carbons (Fsp3) is 0.158. The number of esters is 1. The van der Waals surface area contributed by atoms with E-state index in [9.17, 15) is 9.59 Å². The number of thioether (sulfide) groups is 1. The Kier molecular flexibility index (Phi) is 5.40. The van der Waals surface area contributed by atoms with Gasteiger partial charge in [-0.25, -0.2) is 4.79 Å². The number of amides is 1. The normalized spacial score (nSPS) is 10.6. The van der Waals surface area contributed by atoms with Crippen LogP contribution in [0.25, 0.3) is 10.1 Å². The first-order valence-corrected chi connectivity index (χ1v) is 9.58. The van der Waals surface area contributed by atoms with Crippen molar-refractivity contribution >= 4 is 50.1 Å². The van der Waals surface area contributed by atoms with E-state index < -0.39 is 5.97 Å². The summed E-state index contributed by atoms with van der Waals surface area (Å²) in [5.41, 5.74) is 0.960. The van der Waals surface area contributed by atoms with E-state index in [4.69, 9.17) is 4.74 Å². The number of anilines is 1. The van der Waals surface area contributed by atoms with Gasteiger partial charge < -0.3 is 10.1 Å². The van der Waals surface area contributed by atoms with Crippen LogP contribution in [0.15, 0.2) is 53.4 Å². The first-order valence-electron chi connectivity index (χ1n) is 7.78. The Morgan fingerprint density at radius 3 is 2.72 bits per heavy atom. The molecule has 0 fully saturated rings. The molecule has 0 radical (unpaired) electrons. The largest absolute Gasteiger partial charge is 0.465 e. The Bertz CT molecular complexity index is 933. The van der Waals surface area contributed by atoms with Crippen LogP contribution in [0.3, 0.4) is 0 Å². The van der Waals surface area contributed by atoms with E-state index in [1.165, 1.54) is 18.4 Å². The van der Waals surface area contributed by atoms with Crippen molar-refractivity contribution < 1.29 is 14.3 Å². The molecule has 1 N–H and O–H groups in total. The van der Waals surface area contributed by atoms with Crippen LogP contribution in [0.5, 0.6) is 0 Å². The highest BCUT2D eigenvalue weighted by Crippen LogP contribution is 2.36. The lowest BCUT2D eigenvalue weighted by Crippen LogP contribution is -2.13. The number of nitrogens with one attached hydrogen (secondary N) is 1. The van der Waals surface area contributed by atoms with Gasteiger partial charge in [-0.1, -0.05) is 31.2 Å². The van der Waals surface area contributed by atoms with Crippen LogP contribution in [0.2, 0.25) is 0 Å². The molecule has 128 valence electrons. The van der Waals surface area contributed by atoms with Gasteiger partial charge in [-0.15, -0.1) is 23.1 Å². The second-order valence-electron chi connectivity index (χ2n) is 5.21. The molecule has 0 unspecified atom stereocenters. The molecule has 0 atom stereocenters. The zero-order chi connectivity index (χ0) is 17.8. The third kappa shape index (κ3) is 3.70. The van der Waals surface area contributed by atoms with Crippen LogP contribution in [0, 0.1) is 0 Å². The molecular formula is C19H17NO3S2. The molecule has 0 saturated heterocycles. The second kappa shape index (κ2) is 7.72. The molecule has 6 heteroatoms. The van der Waals surface area contributed by atoms with E-state index in [0.717, 1.165) is 20.7 Å². The fourth-order valence-corrected chi connectivity index (χ4v) is 4.31. The molecule has 3 aromatic rings. The van der Waals surface area contributed by atoms with Crippen molar-refractivity contribution in [2.24, 2.45) is 0 Å². The maximum absolute atomic E-state index is 12.6. The fourth-order valence-electron chi connectivity index (χ4n) is 2.51. The topological polar surface area (TPSA) is 55.4 Å². The molecule has 1 aromatic heterocycles. The van der Waals surface area contributed by atoms with Crippen molar-refractivity contribution in [3.63, 3.8) is 0 Å². The highest BCUT2D eigenvalue weighted by molar-refractivity contribution is 7.99. The van der Waals surface area contributed by atoms with Crippen molar-refractivity contribution in [2.45, 2.75) is 11.8 Å². The first-order chi connectivity index (χ1) is 12.1. The molecule has 0 spiro atoms. The van der Waals surface area contributed by atoms with Crippen LogP contribution in [-0.2, 0) is 4.74 Å². The summed E-state index contributed by atoms with van der Waals surface area (Å²) >= 11 is 3.04. The van der Waals surface area contributed by atoms with Crippen LogP contribution >= 0.6 is 23.1 Å². The lowest BCUT2D eigenvalue weighted by molar-refractivity contribution is 0.0604. The van der Waals surface area contributed by atoms with E-state index in [0.29, 0.717) is 16.1 Å². The number of rotatable bonds is 5. The van der Waals surface area contributed by atoms with Crippen molar-refractivity contribution in [2.75, 3.05) is 18.2 Å². The number of hydrogen-bond acceptors (Lipinski definition) is 5. The van der Waals surface area contributed by atoms with Crippen molar-refractivity contribution in [1.29, 1.82) is 0 Å². The summed E-state index contributed by atoms with van der Waals surface area (Å²) in [6.45, 7) is 2.07. The molecule has 1 heterocycles. The predicted molar refractivity (Wildman–Crippen MR) is 104 cm³/mol. The van der Waals surface area contributed by atoms with Crippen molar-refractivity contribution in [1.82, 2.24) is 0 Å². The summed E-state index contributed by atoms with van der Waals surface area (Å²) in [7, 11) is 1.34. The Morgan fingerprint density at radius 2 is 1.96 bits per heavy atom. The lowest BCUT2D eigenvalue weighted by Gasteiger charge is -2.07. The predicted octanol–water partition coefficient (Wildman–Crippen LogP) is 5.05. The number of hydrogen-bond donors (Lipinski definition) is 1. The molecule has 0 bridgehead atoms. The summed E-state index contributed by atoms with van der Waals surface area (Å²) in [5, 5.41) is 4.16. The molecule has 0 aliphatic heterocycles. The maximum atomic E-state index is 12.6. The minimum Gasteiger partial charge on any atom is -0.465 e. The molecule has 25 heavy (non-hydrogen) atoms. The summed E-state index contributed by atoms with van der Waals surface area (Å²) in [6.07, 6.45) is 0. The van der Waals surface area contributed by atoms with Gasteiger partial charge in [0.15, 0.2) is 0 Å². The first kappa shape index (κ1) is 17.5.